The predicted octanol–water partition coefficient (Wildman–Crippen LogP) is 4.84. The number of benzene rings is 4. The first-order valence-corrected chi connectivity index (χ1v) is 22.9. The Morgan fingerprint density at radius 2 is 0.875 bits per heavy atom. The summed E-state index contributed by atoms with van der Waals surface area (Å²) in [5.74, 6) is -0.774. The van der Waals surface area contributed by atoms with Crippen LogP contribution in [0.5, 0.6) is 0 Å². The first-order chi connectivity index (χ1) is 30.8. The number of carbonyl (C=O) groups is 2. The van der Waals surface area contributed by atoms with E-state index in [1.807, 2.05) is 13.8 Å². The molecule has 6 N–H and O–H groups in total. The van der Waals surface area contributed by atoms with E-state index in [2.05, 4.69) is 42.2 Å². The molecule has 334 valence electrons. The Labute approximate surface area is 370 Å². The van der Waals surface area contributed by atoms with E-state index in [1.165, 1.54) is 60.9 Å². The van der Waals surface area contributed by atoms with Crippen LogP contribution in [0, 0.1) is 36.5 Å². The van der Waals surface area contributed by atoms with Crippen LogP contribution < -0.4 is 20.1 Å². The zero-order chi connectivity index (χ0) is 45.7. The second-order valence-corrected chi connectivity index (χ2v) is 17.6. The highest BCUT2D eigenvalue weighted by Gasteiger charge is 2.20. The van der Waals surface area contributed by atoms with Gasteiger partial charge in [0.25, 0.3) is 31.9 Å². The molecule has 0 aliphatic rings. The topological polar surface area (TPSA) is 267 Å². The monoisotopic (exact) mass is 910 g/mol. The number of nitrogens with one attached hydrogen (secondary N) is 6. The number of hydrogen-bond donors (Lipinski definition) is 6. The van der Waals surface area contributed by atoms with Gasteiger partial charge < -0.3 is 39.5 Å². The number of aryl methyl sites for hydroxylation is 2. The van der Waals surface area contributed by atoms with Gasteiger partial charge in [-0.2, -0.15) is 10.5 Å². The molecule has 64 heavy (non-hydrogen) atoms. The highest BCUT2D eigenvalue weighted by atomic mass is 32.2. The van der Waals surface area contributed by atoms with Crippen molar-refractivity contribution in [1.82, 2.24) is 20.6 Å². The molecule has 2 aromatic heterocycles. The van der Waals surface area contributed by atoms with Crippen LogP contribution in [0.3, 0.4) is 0 Å². The fourth-order valence-corrected chi connectivity index (χ4v) is 8.75. The minimum atomic E-state index is -3.98. The third-order valence-corrected chi connectivity index (χ3v) is 12.6. The Kier molecular flexibility index (Phi) is 15.7. The van der Waals surface area contributed by atoms with E-state index in [0.29, 0.717) is 83.9 Å². The van der Waals surface area contributed by atoms with Gasteiger partial charge in [-0.25, -0.2) is 16.8 Å². The van der Waals surface area contributed by atoms with E-state index in [1.54, 1.807) is 24.3 Å². The highest BCUT2D eigenvalue weighted by molar-refractivity contribution is 7.93. The smallest absolute Gasteiger partial charge is 0.261 e. The first-order valence-electron chi connectivity index (χ1n) is 20.0. The molecule has 0 saturated heterocycles. The van der Waals surface area contributed by atoms with Gasteiger partial charge in [0.2, 0.25) is 0 Å². The molecule has 0 aliphatic carbocycles. The van der Waals surface area contributed by atoms with Gasteiger partial charge >= 0.3 is 0 Å². The Morgan fingerprint density at radius 3 is 1.22 bits per heavy atom. The van der Waals surface area contributed by atoms with Crippen molar-refractivity contribution in [2.75, 3.05) is 75.4 Å². The number of hydrogen-bond acceptors (Lipinski definition) is 12. The lowest BCUT2D eigenvalue weighted by molar-refractivity contribution is -0.000998. The number of aromatic amines is 2. The summed E-state index contributed by atoms with van der Waals surface area (Å²) < 4.78 is 79.5. The molecular formula is C44H46N8O10S2. The summed E-state index contributed by atoms with van der Waals surface area (Å²) in [6.45, 7) is 6.53. The van der Waals surface area contributed by atoms with E-state index >= 15 is 0 Å². The van der Waals surface area contributed by atoms with Crippen LogP contribution in [0.15, 0.2) is 95.0 Å². The number of H-pyrrole nitrogens is 2. The molecule has 0 atom stereocenters. The minimum Gasteiger partial charge on any atom is -0.377 e. The summed E-state index contributed by atoms with van der Waals surface area (Å²) in [5.41, 5.74) is 4.67. The number of carbonyl (C=O) groups excluding carboxylic acids is 2. The summed E-state index contributed by atoms with van der Waals surface area (Å²) in [6, 6.07) is 22.0. The molecule has 6 rings (SSSR count). The average molecular weight is 911 g/mol. The molecule has 18 nitrogen and oxygen atoms in total. The number of nitriles is 2. The van der Waals surface area contributed by atoms with Crippen LogP contribution >= 0.6 is 0 Å². The Hall–Kier alpha value is -6.78. The van der Waals surface area contributed by atoms with Gasteiger partial charge in [-0.05, 0) is 85.6 Å². The number of ether oxygens (including phenoxy) is 4. The van der Waals surface area contributed by atoms with E-state index in [-0.39, 0.29) is 59.0 Å². The maximum absolute atomic E-state index is 13.1. The molecule has 0 unspecified atom stereocenters. The van der Waals surface area contributed by atoms with E-state index in [4.69, 9.17) is 18.9 Å². The van der Waals surface area contributed by atoms with Crippen LogP contribution in [0.4, 0.5) is 11.4 Å². The quantitative estimate of drug-likeness (QED) is 0.0472. The number of aromatic nitrogens is 2. The van der Waals surface area contributed by atoms with Gasteiger partial charge in [-0.1, -0.05) is 12.1 Å². The van der Waals surface area contributed by atoms with Crippen molar-refractivity contribution in [1.29, 1.82) is 10.5 Å². The highest BCUT2D eigenvalue weighted by Crippen LogP contribution is 2.31. The average Bonchev–Trinajstić information content (AvgIpc) is 3.95. The van der Waals surface area contributed by atoms with Crippen LogP contribution in [-0.4, -0.2) is 105 Å². The van der Waals surface area contributed by atoms with Crippen LogP contribution in [0.2, 0.25) is 0 Å². The van der Waals surface area contributed by atoms with Crippen molar-refractivity contribution in [2.45, 2.75) is 23.6 Å². The van der Waals surface area contributed by atoms with Crippen LogP contribution in [0.25, 0.3) is 21.8 Å². The molecule has 0 radical (unpaired) electrons. The lowest BCUT2D eigenvalue weighted by Gasteiger charge is -2.11. The van der Waals surface area contributed by atoms with E-state index in [9.17, 15) is 36.9 Å². The van der Waals surface area contributed by atoms with Crippen molar-refractivity contribution >= 4 is 65.0 Å². The predicted molar refractivity (Wildman–Crippen MR) is 238 cm³/mol. The van der Waals surface area contributed by atoms with Crippen LogP contribution in [0.1, 0.15) is 43.0 Å². The molecular weight excluding hydrogens is 865 g/mol. The molecule has 2 heterocycles. The Balaban J connectivity index is 0.768. The molecule has 0 fully saturated rings. The van der Waals surface area contributed by atoms with Crippen molar-refractivity contribution in [2.24, 2.45) is 0 Å². The molecule has 6 aromatic rings. The zero-order valence-electron chi connectivity index (χ0n) is 34.9. The number of anilines is 2. The number of sulfonamides is 2. The molecule has 0 saturated carbocycles. The SMILES string of the molecule is Cc1ccc(NS(=O)(=O)c2ccc(C(=O)NCCOCCOCCOCCOCCNC(=O)c3ccc(S(=O)(=O)Nc4ccc(C)c5c(C#N)c[nH]c45)cc3)cc2)c2[nH]cc(C#N)c12. The number of amides is 2. The van der Waals surface area contributed by atoms with Gasteiger partial charge in [-0.15, -0.1) is 0 Å². The van der Waals surface area contributed by atoms with Gasteiger partial charge in [0.1, 0.15) is 12.1 Å². The molecule has 20 heteroatoms. The van der Waals surface area contributed by atoms with Crippen LogP contribution in [-0.2, 0) is 39.0 Å². The molecule has 2 amide bonds. The van der Waals surface area contributed by atoms with Gasteiger partial charge in [0.15, 0.2) is 0 Å². The van der Waals surface area contributed by atoms with Crippen molar-refractivity contribution in [3.8, 4) is 12.1 Å². The standard InChI is InChI=1S/C44H46N8O10S2/c1-29-3-13-37(41-39(29)33(25-45)27-49-41)51-63(55,56)35-9-5-31(6-10-35)43(53)47-15-17-59-19-21-61-23-24-62-22-20-60-18-16-48-44(54)32-7-11-36(12-8-32)64(57,58)52-38-14-4-30(2)40-34(26-46)28-50-42(38)40/h3-14,27-28,49-52H,15-24H2,1-2H3,(H,47,53)(H,48,54). The summed E-state index contributed by atoms with van der Waals surface area (Å²) in [6.07, 6.45) is 3.06. The fraction of sp³-hybridized carbons (Fsp3) is 0.273. The summed E-state index contributed by atoms with van der Waals surface area (Å²) in [5, 5.41) is 25.5. The molecule has 0 aliphatic heterocycles. The maximum Gasteiger partial charge on any atom is 0.261 e. The largest absolute Gasteiger partial charge is 0.377 e. The first kappa shape index (κ1) is 46.7. The zero-order valence-corrected chi connectivity index (χ0v) is 36.6. The Morgan fingerprint density at radius 1 is 0.531 bits per heavy atom. The summed E-state index contributed by atoms with van der Waals surface area (Å²) >= 11 is 0. The van der Waals surface area contributed by atoms with E-state index < -0.39 is 20.0 Å². The van der Waals surface area contributed by atoms with E-state index in [0.717, 1.165) is 11.1 Å². The van der Waals surface area contributed by atoms with Crippen molar-refractivity contribution in [3.63, 3.8) is 0 Å². The maximum atomic E-state index is 13.1. The molecule has 4 aromatic carbocycles. The summed E-state index contributed by atoms with van der Waals surface area (Å²) in [7, 11) is -7.97. The third-order valence-electron chi connectivity index (χ3n) is 9.85. The number of nitrogens with zero attached hydrogens (tertiary/aromatic N) is 2. The van der Waals surface area contributed by atoms with Gasteiger partial charge in [-0.3, -0.25) is 19.0 Å². The van der Waals surface area contributed by atoms with Gasteiger partial charge in [0, 0.05) is 47.4 Å². The minimum absolute atomic E-state index is 0.0307. The van der Waals surface area contributed by atoms with Crippen molar-refractivity contribution < 1.29 is 45.4 Å². The second-order valence-electron chi connectivity index (χ2n) is 14.2. The second kappa shape index (κ2) is 21.5. The Bertz CT molecular complexity index is 2720. The molecule has 0 bridgehead atoms. The number of rotatable bonds is 23. The van der Waals surface area contributed by atoms with Crippen molar-refractivity contribution in [3.05, 3.63) is 119 Å². The normalized spacial score (nSPS) is 11.6. The lowest BCUT2D eigenvalue weighted by atomic mass is 10.1. The lowest BCUT2D eigenvalue weighted by Crippen LogP contribution is -2.27. The molecule has 0 spiro atoms. The summed E-state index contributed by atoms with van der Waals surface area (Å²) in [4.78, 5) is 31.0. The third kappa shape index (κ3) is 11.6. The van der Waals surface area contributed by atoms with Gasteiger partial charge in [0.05, 0.1) is 96.2 Å². The number of fused-ring (bicyclic) bond motifs is 2. The fourth-order valence-electron chi connectivity index (χ4n) is 6.60.